The molecule has 0 unspecified atom stereocenters. The molecule has 1 N–H and O–H groups in total. The average Bonchev–Trinajstić information content (AvgIpc) is 2.61. The second-order valence-corrected chi connectivity index (χ2v) is 7.51. The molecule has 0 aliphatic carbocycles. The fraction of sp³-hybridized carbons (Fsp3) is 0.211. The lowest BCUT2D eigenvalue weighted by Gasteiger charge is -2.10. The van der Waals surface area contributed by atoms with Crippen molar-refractivity contribution in [2.45, 2.75) is 18.2 Å². The van der Waals surface area contributed by atoms with E-state index in [4.69, 9.17) is 4.74 Å². The van der Waals surface area contributed by atoms with Crippen molar-refractivity contribution in [2.24, 2.45) is 0 Å². The molecule has 0 radical (unpaired) electrons. The SMILES string of the molecule is Cc1cccc(S(=O)(=O)NCCCOc2cccc3cccnc23)c1. The first-order chi connectivity index (χ1) is 12.1. The molecule has 3 aromatic rings. The highest BCUT2D eigenvalue weighted by Gasteiger charge is 2.13. The van der Waals surface area contributed by atoms with E-state index >= 15 is 0 Å². The van der Waals surface area contributed by atoms with E-state index in [1.54, 1.807) is 24.4 Å². The van der Waals surface area contributed by atoms with E-state index in [0.29, 0.717) is 25.3 Å². The quantitative estimate of drug-likeness (QED) is 0.660. The number of nitrogens with zero attached hydrogens (tertiary/aromatic N) is 1. The molecule has 0 saturated heterocycles. The molecule has 1 heterocycles. The minimum absolute atomic E-state index is 0.284. The zero-order valence-electron chi connectivity index (χ0n) is 14.0. The van der Waals surface area contributed by atoms with Crippen molar-refractivity contribution < 1.29 is 13.2 Å². The second kappa shape index (κ2) is 7.63. The second-order valence-electron chi connectivity index (χ2n) is 5.75. The van der Waals surface area contributed by atoms with Crippen LogP contribution in [0.3, 0.4) is 0 Å². The molecular formula is C19H20N2O3S. The van der Waals surface area contributed by atoms with Crippen LogP contribution in [0.4, 0.5) is 0 Å². The maximum Gasteiger partial charge on any atom is 0.240 e. The van der Waals surface area contributed by atoms with Crippen molar-refractivity contribution in [2.75, 3.05) is 13.2 Å². The van der Waals surface area contributed by atoms with Crippen molar-refractivity contribution in [1.82, 2.24) is 9.71 Å². The zero-order chi connectivity index (χ0) is 17.7. The van der Waals surface area contributed by atoms with Crippen LogP contribution in [-0.4, -0.2) is 26.6 Å². The zero-order valence-corrected chi connectivity index (χ0v) is 14.8. The minimum Gasteiger partial charge on any atom is -0.491 e. The maximum atomic E-state index is 12.2. The van der Waals surface area contributed by atoms with Crippen molar-refractivity contribution >= 4 is 20.9 Å². The summed E-state index contributed by atoms with van der Waals surface area (Å²) >= 11 is 0. The van der Waals surface area contributed by atoms with Crippen molar-refractivity contribution in [1.29, 1.82) is 0 Å². The van der Waals surface area contributed by atoms with E-state index in [9.17, 15) is 8.42 Å². The molecule has 0 saturated carbocycles. The van der Waals surface area contributed by atoms with Gasteiger partial charge in [0.2, 0.25) is 10.0 Å². The summed E-state index contributed by atoms with van der Waals surface area (Å²) in [5.41, 5.74) is 1.72. The Kier molecular flexibility index (Phi) is 5.31. The number of fused-ring (bicyclic) bond motifs is 1. The Bertz CT molecular complexity index is 966. The van der Waals surface area contributed by atoms with Gasteiger partial charge >= 0.3 is 0 Å². The van der Waals surface area contributed by atoms with Gasteiger partial charge in [-0.2, -0.15) is 0 Å². The Labute approximate surface area is 147 Å². The highest BCUT2D eigenvalue weighted by molar-refractivity contribution is 7.89. The third-order valence-electron chi connectivity index (χ3n) is 3.77. The number of hydrogen-bond acceptors (Lipinski definition) is 4. The normalized spacial score (nSPS) is 11.6. The first kappa shape index (κ1) is 17.4. The van der Waals surface area contributed by atoms with Crippen molar-refractivity contribution in [3.05, 3.63) is 66.4 Å². The number of aryl methyl sites for hydroxylation is 1. The number of para-hydroxylation sites is 1. The van der Waals surface area contributed by atoms with Crippen LogP contribution in [0.1, 0.15) is 12.0 Å². The average molecular weight is 356 g/mol. The molecule has 6 heteroatoms. The predicted molar refractivity (Wildman–Crippen MR) is 98.2 cm³/mol. The summed E-state index contributed by atoms with van der Waals surface area (Å²) < 4.78 is 32.8. The van der Waals surface area contributed by atoms with Crippen molar-refractivity contribution in [3.8, 4) is 5.75 Å². The summed E-state index contributed by atoms with van der Waals surface area (Å²) in [4.78, 5) is 4.61. The van der Waals surface area contributed by atoms with Gasteiger partial charge in [-0.15, -0.1) is 0 Å². The molecule has 0 amide bonds. The molecule has 0 fully saturated rings. The fourth-order valence-corrected chi connectivity index (χ4v) is 3.70. The lowest BCUT2D eigenvalue weighted by Crippen LogP contribution is -2.25. The third-order valence-corrected chi connectivity index (χ3v) is 5.22. The molecule has 130 valence electrons. The number of sulfonamides is 1. The molecule has 0 atom stereocenters. The molecule has 2 aromatic carbocycles. The molecule has 1 aromatic heterocycles. The number of hydrogen-bond donors (Lipinski definition) is 1. The van der Waals surface area contributed by atoms with Gasteiger partial charge < -0.3 is 4.74 Å². The first-order valence-electron chi connectivity index (χ1n) is 8.09. The molecule has 0 spiro atoms. The number of ether oxygens (including phenoxy) is 1. The molecule has 0 aliphatic rings. The molecule has 5 nitrogen and oxygen atoms in total. The first-order valence-corrected chi connectivity index (χ1v) is 9.57. The molecule has 0 aliphatic heterocycles. The Morgan fingerprint density at radius 1 is 1.08 bits per heavy atom. The summed E-state index contributed by atoms with van der Waals surface area (Å²) in [5.74, 6) is 0.708. The summed E-state index contributed by atoms with van der Waals surface area (Å²) in [6.07, 6.45) is 2.29. The molecular weight excluding hydrogens is 336 g/mol. The highest BCUT2D eigenvalue weighted by atomic mass is 32.2. The van der Waals surface area contributed by atoms with Gasteiger partial charge in [-0.05, 0) is 43.2 Å². The van der Waals surface area contributed by atoms with Gasteiger partial charge in [0.1, 0.15) is 11.3 Å². The number of aromatic nitrogens is 1. The van der Waals surface area contributed by atoms with Crippen LogP contribution in [0.2, 0.25) is 0 Å². The fourth-order valence-electron chi connectivity index (χ4n) is 2.52. The van der Waals surface area contributed by atoms with Gasteiger partial charge in [0, 0.05) is 18.1 Å². The standard InChI is InChI=1S/C19H20N2O3S/c1-15-6-2-9-17(14-15)25(22,23)21-12-5-13-24-18-10-3-7-16-8-4-11-20-19(16)18/h2-4,6-11,14,21H,5,12-13H2,1H3. The van der Waals surface area contributed by atoms with Gasteiger partial charge in [0.05, 0.1) is 11.5 Å². The maximum absolute atomic E-state index is 12.2. The Morgan fingerprint density at radius 3 is 2.72 bits per heavy atom. The summed E-state index contributed by atoms with van der Waals surface area (Å²) in [7, 11) is -3.48. The van der Waals surface area contributed by atoms with E-state index in [1.165, 1.54) is 0 Å². The van der Waals surface area contributed by atoms with E-state index < -0.39 is 10.0 Å². The Morgan fingerprint density at radius 2 is 1.88 bits per heavy atom. The summed E-state index contributed by atoms with van der Waals surface area (Å²) in [6.45, 7) is 2.59. The number of pyridine rings is 1. The predicted octanol–water partition coefficient (Wildman–Crippen LogP) is 3.29. The molecule has 0 bridgehead atoms. The van der Waals surface area contributed by atoms with Gasteiger partial charge in [-0.1, -0.05) is 30.3 Å². The summed E-state index contributed by atoms with van der Waals surface area (Å²) in [5, 5.41) is 1.01. The van der Waals surface area contributed by atoms with Crippen LogP contribution in [0, 0.1) is 6.92 Å². The topological polar surface area (TPSA) is 68.3 Å². The number of benzene rings is 2. The van der Waals surface area contributed by atoms with Gasteiger partial charge in [0.25, 0.3) is 0 Å². The summed E-state index contributed by atoms with van der Waals surface area (Å²) in [6, 6.07) is 16.5. The Hall–Kier alpha value is -2.44. The lowest BCUT2D eigenvalue weighted by atomic mass is 10.2. The monoisotopic (exact) mass is 356 g/mol. The smallest absolute Gasteiger partial charge is 0.240 e. The van der Waals surface area contributed by atoms with E-state index in [2.05, 4.69) is 9.71 Å². The minimum atomic E-state index is -3.48. The lowest BCUT2D eigenvalue weighted by molar-refractivity contribution is 0.314. The van der Waals surface area contributed by atoms with Crippen LogP contribution >= 0.6 is 0 Å². The van der Waals surface area contributed by atoms with Gasteiger partial charge in [-0.3, -0.25) is 4.98 Å². The largest absolute Gasteiger partial charge is 0.491 e. The van der Waals surface area contributed by atoms with Crippen LogP contribution in [0.25, 0.3) is 10.9 Å². The number of rotatable bonds is 7. The van der Waals surface area contributed by atoms with Crippen LogP contribution in [-0.2, 0) is 10.0 Å². The van der Waals surface area contributed by atoms with Crippen LogP contribution < -0.4 is 9.46 Å². The molecule has 3 rings (SSSR count). The van der Waals surface area contributed by atoms with Crippen LogP contribution in [0.5, 0.6) is 5.75 Å². The van der Waals surface area contributed by atoms with Gasteiger partial charge in [-0.25, -0.2) is 13.1 Å². The van der Waals surface area contributed by atoms with E-state index in [1.807, 2.05) is 43.3 Å². The molecule has 25 heavy (non-hydrogen) atoms. The van der Waals surface area contributed by atoms with Gasteiger partial charge in [0.15, 0.2) is 0 Å². The van der Waals surface area contributed by atoms with Crippen LogP contribution in [0.15, 0.2) is 65.7 Å². The highest BCUT2D eigenvalue weighted by Crippen LogP contribution is 2.22. The number of nitrogens with one attached hydrogen (secondary N) is 1. The van der Waals surface area contributed by atoms with Crippen molar-refractivity contribution in [3.63, 3.8) is 0 Å². The third kappa shape index (κ3) is 4.35. The Balaban J connectivity index is 1.53. The van der Waals surface area contributed by atoms with E-state index in [0.717, 1.165) is 16.5 Å². The van der Waals surface area contributed by atoms with E-state index in [-0.39, 0.29) is 4.90 Å².